The van der Waals surface area contributed by atoms with Crippen molar-refractivity contribution in [3.05, 3.63) is 17.5 Å². The van der Waals surface area contributed by atoms with Gasteiger partial charge in [0.15, 0.2) is 0 Å². The summed E-state index contributed by atoms with van der Waals surface area (Å²) in [5, 5.41) is 16.4. The van der Waals surface area contributed by atoms with Gasteiger partial charge in [0, 0.05) is 16.7 Å². The normalized spacial score (nSPS) is 19.2. The van der Waals surface area contributed by atoms with Gasteiger partial charge in [-0.1, -0.05) is 27.2 Å². The van der Waals surface area contributed by atoms with Crippen LogP contribution in [0, 0.1) is 0 Å². The predicted octanol–water partition coefficient (Wildman–Crippen LogP) is 2.21. The minimum Gasteiger partial charge on any atom is -0.481 e. The van der Waals surface area contributed by atoms with Crippen molar-refractivity contribution in [1.29, 1.82) is 0 Å². The van der Waals surface area contributed by atoms with E-state index in [-0.39, 0.29) is 5.41 Å². The van der Waals surface area contributed by atoms with E-state index >= 15 is 0 Å². The van der Waals surface area contributed by atoms with E-state index in [1.54, 1.807) is 6.20 Å². The van der Waals surface area contributed by atoms with Crippen LogP contribution in [0.2, 0.25) is 0 Å². The van der Waals surface area contributed by atoms with Crippen LogP contribution in [-0.4, -0.2) is 21.3 Å². The Bertz CT molecular complexity index is 411. The summed E-state index contributed by atoms with van der Waals surface area (Å²) in [7, 11) is 0. The first-order valence-corrected chi connectivity index (χ1v) is 5.66. The molecular formula is C12H18N2O2. The molecule has 0 aliphatic heterocycles. The molecule has 4 nitrogen and oxygen atoms in total. The molecule has 88 valence electrons. The summed E-state index contributed by atoms with van der Waals surface area (Å²) in [6.07, 6.45) is 4.13. The van der Waals surface area contributed by atoms with Crippen LogP contribution in [0.5, 0.6) is 0 Å². The minimum absolute atomic E-state index is 0.0934. The number of aliphatic carboxylic acids is 1. The SMILES string of the molecule is CC(C)(C)c1[nH]ncc1C1(C(=O)O)CCC1. The molecule has 0 aromatic carbocycles. The first-order chi connectivity index (χ1) is 7.38. The fourth-order valence-electron chi connectivity index (χ4n) is 2.35. The molecule has 1 aromatic rings. The van der Waals surface area contributed by atoms with Gasteiger partial charge in [-0.25, -0.2) is 0 Å². The number of rotatable bonds is 2. The van der Waals surface area contributed by atoms with Gasteiger partial charge in [-0.2, -0.15) is 5.10 Å². The Kier molecular flexibility index (Phi) is 2.33. The van der Waals surface area contributed by atoms with Crippen LogP contribution in [0.3, 0.4) is 0 Å². The number of carbonyl (C=O) groups is 1. The summed E-state index contributed by atoms with van der Waals surface area (Å²) in [6.45, 7) is 6.20. The third kappa shape index (κ3) is 1.44. The zero-order valence-corrected chi connectivity index (χ0v) is 10.0. The molecule has 16 heavy (non-hydrogen) atoms. The smallest absolute Gasteiger partial charge is 0.314 e. The van der Waals surface area contributed by atoms with Gasteiger partial charge in [-0.3, -0.25) is 9.89 Å². The van der Waals surface area contributed by atoms with Crippen LogP contribution >= 0.6 is 0 Å². The molecule has 2 N–H and O–H groups in total. The summed E-state index contributed by atoms with van der Waals surface area (Å²) in [5.41, 5.74) is 1.05. The third-order valence-electron chi connectivity index (χ3n) is 3.52. The van der Waals surface area contributed by atoms with E-state index in [9.17, 15) is 9.90 Å². The van der Waals surface area contributed by atoms with Crippen LogP contribution in [0.15, 0.2) is 6.20 Å². The third-order valence-corrected chi connectivity index (χ3v) is 3.52. The highest BCUT2D eigenvalue weighted by molar-refractivity contribution is 5.83. The number of aromatic nitrogens is 2. The molecule has 0 radical (unpaired) electrons. The zero-order valence-electron chi connectivity index (χ0n) is 10.0. The van der Waals surface area contributed by atoms with Gasteiger partial charge >= 0.3 is 5.97 Å². The quantitative estimate of drug-likeness (QED) is 0.806. The van der Waals surface area contributed by atoms with Gasteiger partial charge in [0.25, 0.3) is 0 Å². The maximum atomic E-state index is 11.4. The summed E-state index contributed by atoms with van der Waals surface area (Å²) in [4.78, 5) is 11.4. The molecule has 0 atom stereocenters. The molecule has 1 fully saturated rings. The van der Waals surface area contributed by atoms with Gasteiger partial charge in [0.05, 0.1) is 11.6 Å². The number of H-pyrrole nitrogens is 1. The van der Waals surface area contributed by atoms with E-state index in [0.29, 0.717) is 0 Å². The highest BCUT2D eigenvalue weighted by atomic mass is 16.4. The van der Waals surface area contributed by atoms with Gasteiger partial charge in [-0.15, -0.1) is 0 Å². The number of aromatic amines is 1. The Hall–Kier alpha value is -1.32. The van der Waals surface area contributed by atoms with Crippen molar-refractivity contribution < 1.29 is 9.90 Å². The highest BCUT2D eigenvalue weighted by Gasteiger charge is 2.49. The lowest BCUT2D eigenvalue weighted by atomic mass is 9.63. The lowest BCUT2D eigenvalue weighted by Gasteiger charge is -2.39. The van der Waals surface area contributed by atoms with Crippen LogP contribution < -0.4 is 0 Å². The summed E-state index contributed by atoms with van der Waals surface area (Å²) in [6, 6.07) is 0. The van der Waals surface area contributed by atoms with Crippen molar-refractivity contribution in [2.75, 3.05) is 0 Å². The van der Waals surface area contributed by atoms with Gasteiger partial charge in [-0.05, 0) is 12.8 Å². The Labute approximate surface area is 95.1 Å². The van der Waals surface area contributed by atoms with Crippen LogP contribution in [0.25, 0.3) is 0 Å². The number of nitrogens with one attached hydrogen (secondary N) is 1. The Balaban J connectivity index is 2.48. The fourth-order valence-corrected chi connectivity index (χ4v) is 2.35. The second-order valence-corrected chi connectivity index (χ2v) is 5.65. The topological polar surface area (TPSA) is 66.0 Å². The molecule has 0 amide bonds. The van der Waals surface area contributed by atoms with Crippen LogP contribution in [-0.2, 0) is 15.6 Å². The number of hydrogen-bond acceptors (Lipinski definition) is 2. The molecule has 1 aliphatic carbocycles. The molecule has 1 aliphatic rings. The lowest BCUT2D eigenvalue weighted by molar-refractivity contribution is -0.147. The monoisotopic (exact) mass is 222 g/mol. The summed E-state index contributed by atoms with van der Waals surface area (Å²) < 4.78 is 0. The molecule has 0 unspecified atom stereocenters. The lowest BCUT2D eigenvalue weighted by Crippen LogP contribution is -2.43. The first kappa shape index (κ1) is 11.2. The van der Waals surface area contributed by atoms with E-state index in [1.807, 2.05) is 0 Å². The van der Waals surface area contributed by atoms with Crippen LogP contribution in [0.1, 0.15) is 51.3 Å². The number of carboxylic acids is 1. The van der Waals surface area contributed by atoms with E-state index in [2.05, 4.69) is 31.0 Å². The van der Waals surface area contributed by atoms with Crippen molar-refractivity contribution in [3.63, 3.8) is 0 Å². The Morgan fingerprint density at radius 1 is 1.50 bits per heavy atom. The van der Waals surface area contributed by atoms with E-state index < -0.39 is 11.4 Å². The Morgan fingerprint density at radius 3 is 2.50 bits per heavy atom. The van der Waals surface area contributed by atoms with Crippen molar-refractivity contribution in [1.82, 2.24) is 10.2 Å². The van der Waals surface area contributed by atoms with Crippen molar-refractivity contribution in [2.24, 2.45) is 0 Å². The van der Waals surface area contributed by atoms with Crippen molar-refractivity contribution >= 4 is 5.97 Å². The molecular weight excluding hydrogens is 204 g/mol. The zero-order chi connectivity index (χ0) is 12.0. The average Bonchev–Trinajstić information content (AvgIpc) is 2.48. The molecule has 0 saturated heterocycles. The fraction of sp³-hybridized carbons (Fsp3) is 0.667. The maximum absolute atomic E-state index is 11.4. The Morgan fingerprint density at radius 2 is 2.12 bits per heavy atom. The highest BCUT2D eigenvalue weighted by Crippen LogP contribution is 2.46. The van der Waals surface area contributed by atoms with Gasteiger partial charge < -0.3 is 5.11 Å². The second-order valence-electron chi connectivity index (χ2n) is 5.65. The van der Waals surface area contributed by atoms with E-state index in [1.165, 1.54) is 0 Å². The maximum Gasteiger partial charge on any atom is 0.314 e. The predicted molar refractivity (Wildman–Crippen MR) is 60.5 cm³/mol. The molecule has 0 spiro atoms. The first-order valence-electron chi connectivity index (χ1n) is 5.66. The number of carboxylic acid groups (broad SMARTS) is 1. The minimum atomic E-state index is -0.717. The number of hydrogen-bond donors (Lipinski definition) is 2. The summed E-state index contributed by atoms with van der Waals surface area (Å²) in [5.74, 6) is -0.717. The molecule has 2 rings (SSSR count). The van der Waals surface area contributed by atoms with Crippen molar-refractivity contribution in [3.8, 4) is 0 Å². The van der Waals surface area contributed by atoms with Crippen molar-refractivity contribution in [2.45, 2.75) is 50.9 Å². The molecule has 1 aromatic heterocycles. The van der Waals surface area contributed by atoms with Crippen LogP contribution in [0.4, 0.5) is 0 Å². The molecule has 1 saturated carbocycles. The van der Waals surface area contributed by atoms with E-state index in [0.717, 1.165) is 30.5 Å². The standard InChI is InChI=1S/C12H18N2O2/c1-11(2,3)9-8(7-13-14-9)12(10(15)16)5-4-6-12/h7H,4-6H2,1-3H3,(H,13,14)(H,15,16). The molecule has 0 bridgehead atoms. The average molecular weight is 222 g/mol. The number of nitrogens with zero attached hydrogens (tertiary/aromatic N) is 1. The molecule has 4 heteroatoms. The van der Waals surface area contributed by atoms with E-state index in [4.69, 9.17) is 0 Å². The summed E-state index contributed by atoms with van der Waals surface area (Å²) >= 11 is 0. The second kappa shape index (κ2) is 3.34. The molecule has 1 heterocycles. The largest absolute Gasteiger partial charge is 0.481 e. The van der Waals surface area contributed by atoms with Gasteiger partial charge in [0.2, 0.25) is 0 Å². The van der Waals surface area contributed by atoms with Gasteiger partial charge in [0.1, 0.15) is 0 Å².